The van der Waals surface area contributed by atoms with Crippen LogP contribution < -0.4 is 5.32 Å². The molecule has 1 aromatic carbocycles. The number of nitrogens with one attached hydrogen (secondary N) is 1. The van der Waals surface area contributed by atoms with Gasteiger partial charge in [0.05, 0.1) is 25.3 Å². The number of nitrogens with zero attached hydrogens (tertiary/aromatic N) is 1. The van der Waals surface area contributed by atoms with Gasteiger partial charge in [-0.1, -0.05) is 30.3 Å². The maximum Gasteiger partial charge on any atom is 0.409 e. The number of methoxy groups -OCH3 is 1. The minimum absolute atomic E-state index is 0.205. The lowest BCUT2D eigenvalue weighted by Crippen LogP contribution is -2.56. The predicted octanol–water partition coefficient (Wildman–Crippen LogP) is 2.16. The van der Waals surface area contributed by atoms with E-state index in [-0.39, 0.29) is 24.8 Å². The summed E-state index contributed by atoms with van der Waals surface area (Å²) >= 11 is 0. The first kappa shape index (κ1) is 18.1. The third-order valence-corrected chi connectivity index (χ3v) is 3.90. The summed E-state index contributed by atoms with van der Waals surface area (Å²) < 4.78 is 15.6. The Morgan fingerprint density at radius 2 is 2.00 bits per heavy atom. The lowest BCUT2D eigenvalue weighted by atomic mass is 10.0. The van der Waals surface area contributed by atoms with E-state index >= 15 is 0 Å². The molecule has 24 heavy (non-hydrogen) atoms. The van der Waals surface area contributed by atoms with Gasteiger partial charge >= 0.3 is 12.2 Å². The minimum atomic E-state index is -0.490. The highest BCUT2D eigenvalue weighted by Gasteiger charge is 2.33. The van der Waals surface area contributed by atoms with Gasteiger partial charge in [-0.3, -0.25) is 0 Å². The van der Waals surface area contributed by atoms with Crippen LogP contribution in [0.15, 0.2) is 30.3 Å². The number of amides is 2. The van der Waals surface area contributed by atoms with Gasteiger partial charge in [0, 0.05) is 13.7 Å². The summed E-state index contributed by atoms with van der Waals surface area (Å²) in [6.45, 7) is 3.19. The second-order valence-electron chi connectivity index (χ2n) is 5.52. The zero-order valence-electron chi connectivity index (χ0n) is 14.1. The van der Waals surface area contributed by atoms with Crippen molar-refractivity contribution in [1.29, 1.82) is 0 Å². The Kier molecular flexibility index (Phi) is 6.87. The molecule has 7 nitrogen and oxygen atoms in total. The fraction of sp³-hybridized carbons (Fsp3) is 0.529. The molecule has 2 atom stereocenters. The van der Waals surface area contributed by atoms with E-state index in [4.69, 9.17) is 14.2 Å². The van der Waals surface area contributed by atoms with Crippen LogP contribution in [-0.2, 0) is 20.8 Å². The van der Waals surface area contributed by atoms with Crippen LogP contribution in [0.2, 0.25) is 0 Å². The third-order valence-electron chi connectivity index (χ3n) is 3.90. The van der Waals surface area contributed by atoms with E-state index in [1.54, 1.807) is 18.9 Å². The van der Waals surface area contributed by atoms with Gasteiger partial charge in [-0.2, -0.15) is 0 Å². The van der Waals surface area contributed by atoms with Crippen LogP contribution in [0.25, 0.3) is 0 Å². The number of ether oxygens (including phenoxy) is 3. The third kappa shape index (κ3) is 5.13. The zero-order chi connectivity index (χ0) is 17.4. The average molecular weight is 336 g/mol. The Morgan fingerprint density at radius 1 is 1.25 bits per heavy atom. The summed E-state index contributed by atoms with van der Waals surface area (Å²) in [6.07, 6.45) is -0.565. The molecule has 0 bridgehead atoms. The number of carbonyl (C=O) groups is 2. The lowest BCUT2D eigenvalue weighted by molar-refractivity contribution is 0.00318. The molecule has 1 aliphatic heterocycles. The average Bonchev–Trinajstić information content (AvgIpc) is 2.61. The quantitative estimate of drug-likeness (QED) is 0.891. The number of likely N-dealkylation sites (tertiary alicyclic amines) is 1. The molecule has 1 heterocycles. The van der Waals surface area contributed by atoms with Gasteiger partial charge in [0.1, 0.15) is 6.61 Å². The highest BCUT2D eigenvalue weighted by molar-refractivity contribution is 5.69. The maximum atomic E-state index is 12.0. The van der Waals surface area contributed by atoms with E-state index in [1.807, 2.05) is 30.3 Å². The molecule has 0 spiro atoms. The summed E-state index contributed by atoms with van der Waals surface area (Å²) in [5.41, 5.74) is 0.924. The van der Waals surface area contributed by atoms with Crippen LogP contribution >= 0.6 is 0 Å². The first-order valence-electron chi connectivity index (χ1n) is 8.05. The molecule has 0 saturated carbocycles. The molecule has 0 aliphatic carbocycles. The van der Waals surface area contributed by atoms with Crippen molar-refractivity contribution >= 4 is 12.2 Å². The van der Waals surface area contributed by atoms with E-state index < -0.39 is 6.09 Å². The molecule has 0 radical (unpaired) electrons. The SMILES string of the molecule is CCOC(=O)N1CCC(NC(=O)OCc2ccccc2)C(OC)C1. The van der Waals surface area contributed by atoms with Crippen molar-refractivity contribution < 1.29 is 23.8 Å². The van der Waals surface area contributed by atoms with E-state index in [1.165, 1.54) is 0 Å². The monoisotopic (exact) mass is 336 g/mol. The standard InChI is InChI=1S/C17H24N2O5/c1-3-23-17(21)19-10-9-14(15(11-19)22-2)18-16(20)24-12-13-7-5-4-6-8-13/h4-8,14-15H,3,9-12H2,1-2H3,(H,18,20). The number of piperidine rings is 1. The second-order valence-corrected chi connectivity index (χ2v) is 5.52. The molecule has 1 aliphatic rings. The summed E-state index contributed by atoms with van der Waals surface area (Å²) in [6, 6.07) is 9.27. The van der Waals surface area contributed by atoms with Crippen molar-refractivity contribution in [2.75, 3.05) is 26.8 Å². The zero-order valence-corrected chi connectivity index (χ0v) is 14.1. The normalized spacial score (nSPS) is 20.3. The van der Waals surface area contributed by atoms with Crippen LogP contribution in [0.1, 0.15) is 18.9 Å². The van der Waals surface area contributed by atoms with E-state index in [2.05, 4.69) is 5.32 Å². The maximum absolute atomic E-state index is 12.0. The largest absolute Gasteiger partial charge is 0.450 e. The molecule has 132 valence electrons. The first-order chi connectivity index (χ1) is 11.6. The van der Waals surface area contributed by atoms with E-state index in [0.29, 0.717) is 26.1 Å². The van der Waals surface area contributed by atoms with Crippen molar-refractivity contribution in [3.05, 3.63) is 35.9 Å². The van der Waals surface area contributed by atoms with Gasteiger partial charge in [-0.25, -0.2) is 9.59 Å². The fourth-order valence-corrected chi connectivity index (χ4v) is 2.62. The smallest absolute Gasteiger partial charge is 0.409 e. The molecule has 2 rings (SSSR count). The highest BCUT2D eigenvalue weighted by Crippen LogP contribution is 2.15. The van der Waals surface area contributed by atoms with Crippen LogP contribution in [0.3, 0.4) is 0 Å². The minimum Gasteiger partial charge on any atom is -0.450 e. The number of alkyl carbamates (subject to hydrolysis) is 1. The topological polar surface area (TPSA) is 77.1 Å². The fourth-order valence-electron chi connectivity index (χ4n) is 2.62. The summed E-state index contributed by atoms with van der Waals surface area (Å²) in [4.78, 5) is 25.3. The number of carbonyl (C=O) groups excluding carboxylic acids is 2. The van der Waals surface area contributed by atoms with Gasteiger partial charge in [0.25, 0.3) is 0 Å². The molecule has 1 fully saturated rings. The Bertz CT molecular complexity index is 537. The molecule has 2 amide bonds. The molecule has 1 saturated heterocycles. The molecular formula is C17H24N2O5. The van der Waals surface area contributed by atoms with Crippen molar-refractivity contribution in [1.82, 2.24) is 10.2 Å². The van der Waals surface area contributed by atoms with Crippen molar-refractivity contribution in [3.63, 3.8) is 0 Å². The second kappa shape index (κ2) is 9.12. The van der Waals surface area contributed by atoms with E-state index in [0.717, 1.165) is 5.56 Å². The van der Waals surface area contributed by atoms with Crippen LogP contribution in [0, 0.1) is 0 Å². The van der Waals surface area contributed by atoms with Gasteiger partial charge < -0.3 is 24.4 Å². The Labute approximate surface area is 141 Å². The molecular weight excluding hydrogens is 312 g/mol. The molecule has 7 heteroatoms. The number of rotatable bonds is 5. The Hall–Kier alpha value is -2.28. The summed E-state index contributed by atoms with van der Waals surface area (Å²) in [7, 11) is 1.56. The number of benzene rings is 1. The molecule has 0 aromatic heterocycles. The van der Waals surface area contributed by atoms with E-state index in [9.17, 15) is 9.59 Å². The van der Waals surface area contributed by atoms with Gasteiger partial charge in [0.15, 0.2) is 0 Å². The van der Waals surface area contributed by atoms with Crippen LogP contribution in [0.4, 0.5) is 9.59 Å². The van der Waals surface area contributed by atoms with Gasteiger partial charge in [-0.05, 0) is 18.9 Å². The molecule has 2 unspecified atom stereocenters. The Morgan fingerprint density at radius 3 is 2.67 bits per heavy atom. The van der Waals surface area contributed by atoms with Crippen LogP contribution in [0.5, 0.6) is 0 Å². The lowest BCUT2D eigenvalue weighted by Gasteiger charge is -2.37. The predicted molar refractivity (Wildman–Crippen MR) is 87.6 cm³/mol. The number of hydrogen-bond donors (Lipinski definition) is 1. The van der Waals surface area contributed by atoms with Gasteiger partial charge in [-0.15, -0.1) is 0 Å². The summed E-state index contributed by atoms with van der Waals surface area (Å²) in [5, 5.41) is 2.82. The van der Waals surface area contributed by atoms with Crippen LogP contribution in [-0.4, -0.2) is 56.0 Å². The first-order valence-corrected chi connectivity index (χ1v) is 8.05. The van der Waals surface area contributed by atoms with Crippen molar-refractivity contribution in [2.24, 2.45) is 0 Å². The van der Waals surface area contributed by atoms with Crippen molar-refractivity contribution in [3.8, 4) is 0 Å². The summed E-state index contributed by atoms with van der Waals surface area (Å²) in [5.74, 6) is 0. The molecule has 1 N–H and O–H groups in total. The molecule has 1 aromatic rings. The Balaban J connectivity index is 1.81. The highest BCUT2D eigenvalue weighted by atomic mass is 16.6. The van der Waals surface area contributed by atoms with Gasteiger partial charge in [0.2, 0.25) is 0 Å². The number of hydrogen-bond acceptors (Lipinski definition) is 5. The van der Waals surface area contributed by atoms with Crippen molar-refractivity contribution in [2.45, 2.75) is 32.1 Å².